The first kappa shape index (κ1) is 16.8. The molecule has 1 heterocycles. The lowest BCUT2D eigenvalue weighted by molar-refractivity contribution is 0.0454. The van der Waals surface area contributed by atoms with Crippen molar-refractivity contribution in [3.05, 3.63) is 35.9 Å². The second kappa shape index (κ2) is 7.61. The molecule has 0 bridgehead atoms. The van der Waals surface area contributed by atoms with Crippen LogP contribution in [0.15, 0.2) is 30.3 Å². The summed E-state index contributed by atoms with van der Waals surface area (Å²) in [4.78, 5) is 11.9. The summed E-state index contributed by atoms with van der Waals surface area (Å²) in [7, 11) is 0. The SMILES string of the molecule is CC(C)(C)OC(=O)N[C@H]1CNC[C@@H]1COCc1ccccc1. The van der Waals surface area contributed by atoms with E-state index in [0.717, 1.165) is 18.7 Å². The fourth-order valence-corrected chi connectivity index (χ4v) is 2.44. The number of hydrogen-bond donors (Lipinski definition) is 2. The normalized spacial score (nSPS) is 21.6. The molecular formula is C17H26N2O3. The molecule has 0 aliphatic carbocycles. The van der Waals surface area contributed by atoms with E-state index < -0.39 is 5.60 Å². The first-order valence-electron chi connectivity index (χ1n) is 7.76. The van der Waals surface area contributed by atoms with Crippen molar-refractivity contribution in [3.63, 3.8) is 0 Å². The van der Waals surface area contributed by atoms with Crippen LogP contribution in [-0.2, 0) is 16.1 Å². The molecule has 1 aliphatic rings. The van der Waals surface area contributed by atoms with Crippen LogP contribution in [0.5, 0.6) is 0 Å². The van der Waals surface area contributed by atoms with Gasteiger partial charge in [-0.15, -0.1) is 0 Å². The van der Waals surface area contributed by atoms with E-state index in [1.54, 1.807) is 0 Å². The van der Waals surface area contributed by atoms with Gasteiger partial charge in [-0.3, -0.25) is 0 Å². The maximum absolute atomic E-state index is 11.9. The summed E-state index contributed by atoms with van der Waals surface area (Å²) in [5, 5.41) is 6.22. The molecule has 5 nitrogen and oxygen atoms in total. The number of nitrogens with one attached hydrogen (secondary N) is 2. The summed E-state index contributed by atoms with van der Waals surface area (Å²) < 4.78 is 11.1. The molecule has 1 amide bonds. The molecule has 122 valence electrons. The van der Waals surface area contributed by atoms with Crippen molar-refractivity contribution in [3.8, 4) is 0 Å². The molecule has 0 saturated carbocycles. The third-order valence-corrected chi connectivity index (χ3v) is 3.49. The highest BCUT2D eigenvalue weighted by Gasteiger charge is 2.30. The molecule has 1 aromatic carbocycles. The van der Waals surface area contributed by atoms with Crippen molar-refractivity contribution in [2.75, 3.05) is 19.7 Å². The van der Waals surface area contributed by atoms with Crippen LogP contribution in [0, 0.1) is 5.92 Å². The Hall–Kier alpha value is -1.59. The maximum Gasteiger partial charge on any atom is 0.407 e. The molecule has 2 rings (SSSR count). The van der Waals surface area contributed by atoms with E-state index in [2.05, 4.69) is 10.6 Å². The highest BCUT2D eigenvalue weighted by atomic mass is 16.6. The van der Waals surface area contributed by atoms with Gasteiger partial charge in [0.2, 0.25) is 0 Å². The Morgan fingerprint density at radius 2 is 2.00 bits per heavy atom. The number of carbonyl (C=O) groups excluding carboxylic acids is 1. The van der Waals surface area contributed by atoms with Gasteiger partial charge < -0.3 is 20.1 Å². The van der Waals surface area contributed by atoms with Crippen LogP contribution in [0.3, 0.4) is 0 Å². The highest BCUT2D eigenvalue weighted by Crippen LogP contribution is 2.13. The summed E-state index contributed by atoms with van der Waals surface area (Å²) in [5.74, 6) is 0.260. The minimum Gasteiger partial charge on any atom is -0.444 e. The minimum absolute atomic E-state index is 0.0469. The number of carbonyl (C=O) groups is 1. The smallest absolute Gasteiger partial charge is 0.407 e. The van der Waals surface area contributed by atoms with Crippen LogP contribution in [0.4, 0.5) is 4.79 Å². The Bertz CT molecular complexity index is 471. The van der Waals surface area contributed by atoms with E-state index in [9.17, 15) is 4.79 Å². The largest absolute Gasteiger partial charge is 0.444 e. The third kappa shape index (κ3) is 5.66. The highest BCUT2D eigenvalue weighted by molar-refractivity contribution is 5.68. The van der Waals surface area contributed by atoms with E-state index in [1.165, 1.54) is 0 Å². The molecule has 2 N–H and O–H groups in total. The van der Waals surface area contributed by atoms with Gasteiger partial charge in [0, 0.05) is 19.0 Å². The van der Waals surface area contributed by atoms with Crippen LogP contribution in [0.2, 0.25) is 0 Å². The molecule has 5 heteroatoms. The van der Waals surface area contributed by atoms with Gasteiger partial charge in [-0.2, -0.15) is 0 Å². The van der Waals surface area contributed by atoms with E-state index in [0.29, 0.717) is 13.2 Å². The van der Waals surface area contributed by atoms with Gasteiger partial charge in [-0.25, -0.2) is 4.79 Å². The number of benzene rings is 1. The zero-order valence-electron chi connectivity index (χ0n) is 13.6. The van der Waals surface area contributed by atoms with Crippen molar-refractivity contribution in [1.82, 2.24) is 10.6 Å². The lowest BCUT2D eigenvalue weighted by Gasteiger charge is -2.24. The molecule has 1 saturated heterocycles. The first-order chi connectivity index (χ1) is 10.4. The monoisotopic (exact) mass is 306 g/mol. The molecule has 0 radical (unpaired) electrons. The zero-order valence-corrected chi connectivity index (χ0v) is 13.6. The summed E-state index contributed by atoms with van der Waals surface area (Å²) in [6.07, 6.45) is -0.366. The van der Waals surface area contributed by atoms with Gasteiger partial charge in [0.15, 0.2) is 0 Å². The molecule has 0 spiro atoms. The Kier molecular flexibility index (Phi) is 5.80. The van der Waals surface area contributed by atoms with Crippen molar-refractivity contribution in [2.24, 2.45) is 5.92 Å². The number of amides is 1. The molecule has 1 aliphatic heterocycles. The van der Waals surface area contributed by atoms with E-state index >= 15 is 0 Å². The van der Waals surface area contributed by atoms with Gasteiger partial charge in [-0.05, 0) is 26.3 Å². The van der Waals surface area contributed by atoms with Crippen molar-refractivity contribution < 1.29 is 14.3 Å². The van der Waals surface area contributed by atoms with E-state index in [-0.39, 0.29) is 18.1 Å². The second-order valence-electron chi connectivity index (χ2n) is 6.67. The molecule has 0 unspecified atom stereocenters. The maximum atomic E-state index is 11.9. The first-order valence-corrected chi connectivity index (χ1v) is 7.76. The molecule has 1 aromatic rings. The average Bonchev–Trinajstić information content (AvgIpc) is 2.85. The van der Waals surface area contributed by atoms with Crippen LogP contribution in [0.25, 0.3) is 0 Å². The quantitative estimate of drug-likeness (QED) is 0.876. The molecule has 22 heavy (non-hydrogen) atoms. The van der Waals surface area contributed by atoms with E-state index in [1.807, 2.05) is 51.1 Å². The summed E-state index contributed by atoms with van der Waals surface area (Å²) in [6.45, 7) is 8.38. The Labute approximate surface area is 132 Å². The molecule has 1 fully saturated rings. The van der Waals surface area contributed by atoms with Gasteiger partial charge in [0.05, 0.1) is 19.3 Å². The predicted octanol–water partition coefficient (Wildman–Crippen LogP) is 2.32. The standard InChI is InChI=1S/C17H26N2O3/c1-17(2,3)22-16(20)19-15-10-18-9-14(15)12-21-11-13-7-5-4-6-8-13/h4-8,14-15,18H,9-12H2,1-3H3,(H,19,20)/t14-,15+/m1/s1. The van der Waals surface area contributed by atoms with Gasteiger partial charge in [0.25, 0.3) is 0 Å². The van der Waals surface area contributed by atoms with Gasteiger partial charge >= 0.3 is 6.09 Å². The number of rotatable bonds is 5. The molecular weight excluding hydrogens is 280 g/mol. The van der Waals surface area contributed by atoms with Crippen LogP contribution >= 0.6 is 0 Å². The predicted molar refractivity (Wildman–Crippen MR) is 85.6 cm³/mol. The van der Waals surface area contributed by atoms with Crippen molar-refractivity contribution in [2.45, 2.75) is 39.0 Å². The van der Waals surface area contributed by atoms with Crippen molar-refractivity contribution in [1.29, 1.82) is 0 Å². The summed E-state index contributed by atoms with van der Waals surface area (Å²) in [6, 6.07) is 10.1. The summed E-state index contributed by atoms with van der Waals surface area (Å²) >= 11 is 0. The fraction of sp³-hybridized carbons (Fsp3) is 0.588. The summed E-state index contributed by atoms with van der Waals surface area (Å²) in [5.41, 5.74) is 0.681. The third-order valence-electron chi connectivity index (χ3n) is 3.49. The van der Waals surface area contributed by atoms with Crippen LogP contribution in [0.1, 0.15) is 26.3 Å². The van der Waals surface area contributed by atoms with E-state index in [4.69, 9.17) is 9.47 Å². The lowest BCUT2D eigenvalue weighted by atomic mass is 10.1. The fourth-order valence-electron chi connectivity index (χ4n) is 2.44. The van der Waals surface area contributed by atoms with Crippen LogP contribution in [-0.4, -0.2) is 37.4 Å². The molecule has 0 aromatic heterocycles. The number of alkyl carbamates (subject to hydrolysis) is 1. The average molecular weight is 306 g/mol. The lowest BCUT2D eigenvalue weighted by Crippen LogP contribution is -2.44. The Morgan fingerprint density at radius 3 is 2.68 bits per heavy atom. The molecule has 2 atom stereocenters. The van der Waals surface area contributed by atoms with Crippen molar-refractivity contribution >= 4 is 6.09 Å². The number of hydrogen-bond acceptors (Lipinski definition) is 4. The Morgan fingerprint density at radius 1 is 1.27 bits per heavy atom. The minimum atomic E-state index is -0.477. The van der Waals surface area contributed by atoms with Gasteiger partial charge in [-0.1, -0.05) is 30.3 Å². The number of ether oxygens (including phenoxy) is 2. The Balaban J connectivity index is 1.75. The topological polar surface area (TPSA) is 59.6 Å². The van der Waals surface area contributed by atoms with Gasteiger partial charge in [0.1, 0.15) is 5.60 Å². The second-order valence-corrected chi connectivity index (χ2v) is 6.67. The zero-order chi connectivity index (χ0) is 16.0. The van der Waals surface area contributed by atoms with Crippen LogP contribution < -0.4 is 10.6 Å².